The molecule has 0 spiro atoms. The third-order valence-corrected chi connectivity index (χ3v) is 3.95. The fourth-order valence-corrected chi connectivity index (χ4v) is 2.59. The normalized spacial score (nSPS) is 11.6. The summed E-state index contributed by atoms with van der Waals surface area (Å²) in [5.41, 5.74) is 0.844. The van der Waals surface area contributed by atoms with Crippen molar-refractivity contribution in [3.63, 3.8) is 0 Å². The highest BCUT2D eigenvalue weighted by molar-refractivity contribution is 7.09. The molecule has 1 heterocycles. The number of hydrogen-bond donors (Lipinski definition) is 1. The Labute approximate surface area is 130 Å². The summed E-state index contributed by atoms with van der Waals surface area (Å²) in [5, 5.41) is 5.43. The summed E-state index contributed by atoms with van der Waals surface area (Å²) in [7, 11) is 0. The monoisotopic (exact) mass is 307 g/mol. The second-order valence-electron chi connectivity index (χ2n) is 6.03. The van der Waals surface area contributed by atoms with Gasteiger partial charge in [0.05, 0.1) is 6.61 Å². The molecule has 0 aliphatic rings. The lowest BCUT2D eigenvalue weighted by atomic mass is 10.1. The molecule has 1 aromatic heterocycles. The van der Waals surface area contributed by atoms with E-state index in [1.54, 1.807) is 23.5 Å². The largest absolute Gasteiger partial charge is 0.493 e. The van der Waals surface area contributed by atoms with E-state index in [1.807, 2.05) is 6.07 Å². The van der Waals surface area contributed by atoms with Gasteiger partial charge in [-0.1, -0.05) is 6.07 Å². The number of benzene rings is 1. The summed E-state index contributed by atoms with van der Waals surface area (Å²) in [4.78, 5) is 1.30. The van der Waals surface area contributed by atoms with Gasteiger partial charge in [0.2, 0.25) is 0 Å². The molecule has 0 amide bonds. The predicted octanol–water partition coefficient (Wildman–Crippen LogP) is 4.40. The second-order valence-corrected chi connectivity index (χ2v) is 7.07. The van der Waals surface area contributed by atoms with Crippen LogP contribution in [0.25, 0.3) is 0 Å². The van der Waals surface area contributed by atoms with Gasteiger partial charge in [-0.3, -0.25) is 0 Å². The van der Waals surface area contributed by atoms with Crippen molar-refractivity contribution in [2.45, 2.75) is 39.3 Å². The smallest absolute Gasteiger partial charge is 0.124 e. The Bertz CT molecular complexity index is 561. The molecule has 114 valence electrons. The van der Waals surface area contributed by atoms with Gasteiger partial charge in [0.1, 0.15) is 11.6 Å². The minimum Gasteiger partial charge on any atom is -0.493 e. The topological polar surface area (TPSA) is 21.3 Å². The van der Waals surface area contributed by atoms with Gasteiger partial charge in [0.25, 0.3) is 0 Å². The molecule has 0 atom stereocenters. The summed E-state index contributed by atoms with van der Waals surface area (Å²) in [6.45, 7) is 7.46. The fraction of sp³-hybridized carbons (Fsp3) is 0.412. The van der Waals surface area contributed by atoms with Crippen LogP contribution in [0.5, 0.6) is 5.75 Å². The zero-order chi connectivity index (χ0) is 15.3. The molecule has 0 fully saturated rings. The third kappa shape index (κ3) is 5.48. The lowest BCUT2D eigenvalue weighted by molar-refractivity contribution is 0.315. The number of hydrogen-bond acceptors (Lipinski definition) is 3. The number of thiophene rings is 1. The highest BCUT2D eigenvalue weighted by Gasteiger charge is 2.12. The minimum absolute atomic E-state index is 0.0133. The van der Waals surface area contributed by atoms with E-state index < -0.39 is 0 Å². The molecule has 1 N–H and O–H groups in total. The van der Waals surface area contributed by atoms with Gasteiger partial charge in [0, 0.05) is 28.9 Å². The van der Waals surface area contributed by atoms with Crippen LogP contribution in [0.3, 0.4) is 0 Å². The number of halogens is 1. The first-order valence-electron chi connectivity index (χ1n) is 7.13. The van der Waals surface area contributed by atoms with E-state index in [2.05, 4.69) is 37.5 Å². The molecule has 1 aromatic carbocycles. The molecule has 0 saturated heterocycles. The Morgan fingerprint density at radius 2 is 2.05 bits per heavy atom. The van der Waals surface area contributed by atoms with E-state index in [0.717, 1.165) is 17.7 Å². The van der Waals surface area contributed by atoms with Gasteiger partial charge in [0.15, 0.2) is 0 Å². The Kier molecular flexibility index (Phi) is 5.37. The van der Waals surface area contributed by atoms with Crippen molar-refractivity contribution in [2.75, 3.05) is 6.61 Å². The first-order chi connectivity index (χ1) is 9.94. The van der Waals surface area contributed by atoms with Gasteiger partial charge >= 0.3 is 0 Å². The van der Waals surface area contributed by atoms with Crippen LogP contribution in [0.4, 0.5) is 4.39 Å². The van der Waals surface area contributed by atoms with E-state index in [9.17, 15) is 4.39 Å². The van der Waals surface area contributed by atoms with Crippen LogP contribution in [0.1, 0.15) is 31.2 Å². The molecule has 21 heavy (non-hydrogen) atoms. The van der Waals surface area contributed by atoms with Gasteiger partial charge in [-0.25, -0.2) is 4.39 Å². The van der Waals surface area contributed by atoms with Gasteiger partial charge in [-0.05, 0) is 50.4 Å². The molecular formula is C17H22FNOS. The highest BCUT2D eigenvalue weighted by atomic mass is 32.1. The lowest BCUT2D eigenvalue weighted by Gasteiger charge is -2.21. The number of rotatable bonds is 6. The standard InChI is InChI=1S/C17H22FNOS/c1-17(2,3)19-12-13-11-14(18)6-7-16(13)20-9-8-15-5-4-10-21-15/h4-7,10-11,19H,8-9,12H2,1-3H3. The van der Waals surface area contributed by atoms with Crippen molar-refractivity contribution in [3.05, 3.63) is 52.0 Å². The first-order valence-corrected chi connectivity index (χ1v) is 8.01. The fourth-order valence-electron chi connectivity index (χ4n) is 1.90. The van der Waals surface area contributed by atoms with E-state index in [0.29, 0.717) is 13.2 Å². The third-order valence-electron chi connectivity index (χ3n) is 3.02. The first kappa shape index (κ1) is 16.0. The quantitative estimate of drug-likeness (QED) is 0.854. The summed E-state index contributed by atoms with van der Waals surface area (Å²) in [6, 6.07) is 8.83. The van der Waals surface area contributed by atoms with E-state index >= 15 is 0 Å². The van der Waals surface area contributed by atoms with Crippen molar-refractivity contribution >= 4 is 11.3 Å². The van der Waals surface area contributed by atoms with E-state index in [1.165, 1.54) is 10.9 Å². The zero-order valence-corrected chi connectivity index (χ0v) is 13.6. The van der Waals surface area contributed by atoms with Crippen molar-refractivity contribution < 1.29 is 9.13 Å². The highest BCUT2D eigenvalue weighted by Crippen LogP contribution is 2.21. The summed E-state index contributed by atoms with van der Waals surface area (Å²) >= 11 is 1.73. The van der Waals surface area contributed by atoms with Gasteiger partial charge in [-0.2, -0.15) is 0 Å². The Balaban J connectivity index is 1.97. The molecule has 2 nitrogen and oxygen atoms in total. The molecule has 0 aliphatic heterocycles. The summed E-state index contributed by atoms with van der Waals surface area (Å²) in [6.07, 6.45) is 0.876. The van der Waals surface area contributed by atoms with Crippen molar-refractivity contribution in [2.24, 2.45) is 0 Å². The van der Waals surface area contributed by atoms with Crippen LogP contribution in [0, 0.1) is 5.82 Å². The number of ether oxygens (including phenoxy) is 1. The predicted molar refractivity (Wildman–Crippen MR) is 86.5 cm³/mol. The Morgan fingerprint density at radius 1 is 1.24 bits per heavy atom. The van der Waals surface area contributed by atoms with Crippen LogP contribution in [0.15, 0.2) is 35.7 Å². The molecule has 2 rings (SSSR count). The molecular weight excluding hydrogens is 285 g/mol. The van der Waals surface area contributed by atoms with Crippen LogP contribution in [-0.2, 0) is 13.0 Å². The Morgan fingerprint density at radius 3 is 2.71 bits per heavy atom. The van der Waals surface area contributed by atoms with Gasteiger partial charge < -0.3 is 10.1 Å². The summed E-state index contributed by atoms with van der Waals surface area (Å²) in [5.74, 6) is 0.524. The lowest BCUT2D eigenvalue weighted by Crippen LogP contribution is -2.35. The average molecular weight is 307 g/mol. The summed E-state index contributed by atoms with van der Waals surface area (Å²) < 4.78 is 19.3. The maximum Gasteiger partial charge on any atom is 0.124 e. The maximum atomic E-state index is 13.4. The minimum atomic E-state index is -0.230. The molecule has 2 aromatic rings. The maximum absolute atomic E-state index is 13.4. The van der Waals surface area contributed by atoms with Gasteiger partial charge in [-0.15, -0.1) is 11.3 Å². The Hall–Kier alpha value is -1.39. The van der Waals surface area contributed by atoms with E-state index in [-0.39, 0.29) is 11.4 Å². The molecule has 0 aliphatic carbocycles. The zero-order valence-electron chi connectivity index (χ0n) is 12.8. The number of nitrogens with one attached hydrogen (secondary N) is 1. The van der Waals surface area contributed by atoms with Crippen LogP contribution in [0.2, 0.25) is 0 Å². The SMILES string of the molecule is CC(C)(C)NCc1cc(F)ccc1OCCc1cccs1. The molecule has 0 unspecified atom stereocenters. The van der Waals surface area contributed by atoms with Crippen molar-refractivity contribution in [1.82, 2.24) is 5.32 Å². The van der Waals surface area contributed by atoms with Crippen molar-refractivity contribution in [1.29, 1.82) is 0 Å². The second kappa shape index (κ2) is 7.05. The average Bonchev–Trinajstić information content (AvgIpc) is 2.91. The van der Waals surface area contributed by atoms with Crippen LogP contribution in [-0.4, -0.2) is 12.1 Å². The molecule has 0 bridgehead atoms. The molecule has 0 saturated carbocycles. The van der Waals surface area contributed by atoms with Crippen molar-refractivity contribution in [3.8, 4) is 5.75 Å². The molecule has 0 radical (unpaired) electrons. The van der Waals surface area contributed by atoms with Crippen LogP contribution >= 0.6 is 11.3 Å². The van der Waals surface area contributed by atoms with E-state index in [4.69, 9.17) is 4.74 Å². The van der Waals surface area contributed by atoms with Crippen LogP contribution < -0.4 is 10.1 Å². The molecule has 4 heteroatoms.